The molecule has 1 aliphatic rings. The molecule has 1 atom stereocenters. The van der Waals surface area contributed by atoms with E-state index in [0.717, 1.165) is 12.8 Å². The highest BCUT2D eigenvalue weighted by Gasteiger charge is 2.29. The van der Waals surface area contributed by atoms with Crippen molar-refractivity contribution in [1.29, 1.82) is 0 Å². The number of carbonyl (C=O) groups excluding carboxylic acids is 1. The lowest BCUT2D eigenvalue weighted by atomic mass is 9.91. The topological polar surface area (TPSA) is 78.9 Å². The second kappa shape index (κ2) is 4.30. The van der Waals surface area contributed by atoms with Gasteiger partial charge in [0.15, 0.2) is 5.84 Å². The van der Waals surface area contributed by atoms with Gasteiger partial charge in [0.2, 0.25) is 5.91 Å². The molecule has 0 saturated heterocycles. The fraction of sp³-hybridized carbons (Fsp3) is 0.778. The Labute approximate surface area is 83.6 Å². The van der Waals surface area contributed by atoms with Crippen LogP contribution in [0.15, 0.2) is 5.16 Å². The maximum Gasteiger partial charge on any atom is 0.233 e. The molecule has 0 radical (unpaired) electrons. The fourth-order valence-electron chi connectivity index (χ4n) is 1.47. The Hall–Kier alpha value is -1.26. The van der Waals surface area contributed by atoms with E-state index >= 15 is 0 Å². The number of rotatable bonds is 3. The monoisotopic (exact) mass is 199 g/mol. The summed E-state index contributed by atoms with van der Waals surface area (Å²) in [5.74, 6) is -0.642. The van der Waals surface area contributed by atoms with Crippen LogP contribution in [0.2, 0.25) is 0 Å². The van der Waals surface area contributed by atoms with Gasteiger partial charge in [-0.1, -0.05) is 5.16 Å². The predicted molar refractivity (Wildman–Crippen MR) is 53.0 cm³/mol. The number of nitrogens with two attached hydrogens (primary N) is 1. The van der Waals surface area contributed by atoms with Crippen molar-refractivity contribution >= 4 is 11.7 Å². The Kier molecular flexibility index (Phi) is 3.33. The minimum Gasteiger partial charge on any atom is -0.409 e. The van der Waals surface area contributed by atoms with E-state index in [1.807, 2.05) is 0 Å². The maximum atomic E-state index is 11.7. The Balaban J connectivity index is 2.54. The quantitative estimate of drug-likeness (QED) is 0.298. The molecule has 0 bridgehead atoms. The first-order chi connectivity index (χ1) is 6.57. The highest BCUT2D eigenvalue weighted by molar-refractivity contribution is 6.01. The van der Waals surface area contributed by atoms with Gasteiger partial charge < -0.3 is 15.8 Å². The Bertz CT molecular complexity index is 248. The molecule has 80 valence electrons. The van der Waals surface area contributed by atoms with Crippen LogP contribution in [0.5, 0.6) is 0 Å². The molecule has 1 rings (SSSR count). The van der Waals surface area contributed by atoms with E-state index in [0.29, 0.717) is 6.04 Å². The van der Waals surface area contributed by atoms with E-state index in [2.05, 4.69) is 5.16 Å². The lowest BCUT2D eigenvalue weighted by molar-refractivity contribution is -0.135. The SMILES string of the molecule is CC(C(=O)N(C)C1CCC1)C(N)=NO. The molecule has 0 aromatic rings. The third-order valence-corrected chi connectivity index (χ3v) is 2.90. The molecule has 1 amide bonds. The van der Waals surface area contributed by atoms with Crippen molar-refractivity contribution in [3.63, 3.8) is 0 Å². The number of nitrogens with zero attached hydrogens (tertiary/aromatic N) is 2. The van der Waals surface area contributed by atoms with Gasteiger partial charge >= 0.3 is 0 Å². The zero-order chi connectivity index (χ0) is 10.7. The average Bonchev–Trinajstić information content (AvgIpc) is 2.11. The van der Waals surface area contributed by atoms with Crippen molar-refractivity contribution in [2.75, 3.05) is 7.05 Å². The number of amides is 1. The third-order valence-electron chi connectivity index (χ3n) is 2.90. The average molecular weight is 199 g/mol. The van der Waals surface area contributed by atoms with Gasteiger partial charge in [0.25, 0.3) is 0 Å². The number of amidine groups is 1. The summed E-state index contributed by atoms with van der Waals surface area (Å²) < 4.78 is 0. The summed E-state index contributed by atoms with van der Waals surface area (Å²) in [5.41, 5.74) is 5.37. The third kappa shape index (κ3) is 1.97. The standard InChI is InChI=1S/C9H17N3O2/c1-6(8(10)11-14)9(13)12(2)7-4-3-5-7/h6-7,14H,3-5H2,1-2H3,(H2,10,11). The number of hydrogen-bond donors (Lipinski definition) is 2. The lowest BCUT2D eigenvalue weighted by Crippen LogP contribution is -2.46. The molecule has 0 heterocycles. The summed E-state index contributed by atoms with van der Waals surface area (Å²) >= 11 is 0. The van der Waals surface area contributed by atoms with Gasteiger partial charge in [-0.25, -0.2) is 0 Å². The van der Waals surface area contributed by atoms with Crippen LogP contribution in [-0.2, 0) is 4.79 Å². The first-order valence-electron chi connectivity index (χ1n) is 4.82. The van der Waals surface area contributed by atoms with Crippen LogP contribution in [0, 0.1) is 5.92 Å². The van der Waals surface area contributed by atoms with E-state index in [1.165, 1.54) is 6.42 Å². The number of oxime groups is 1. The van der Waals surface area contributed by atoms with E-state index < -0.39 is 5.92 Å². The molecule has 14 heavy (non-hydrogen) atoms. The van der Waals surface area contributed by atoms with Gasteiger partial charge in [-0.05, 0) is 26.2 Å². The second-order valence-electron chi connectivity index (χ2n) is 3.78. The van der Waals surface area contributed by atoms with Crippen LogP contribution in [0.3, 0.4) is 0 Å². The molecule has 0 spiro atoms. The molecule has 1 saturated carbocycles. The molecule has 0 aromatic carbocycles. The summed E-state index contributed by atoms with van der Waals surface area (Å²) in [6.07, 6.45) is 3.30. The summed E-state index contributed by atoms with van der Waals surface area (Å²) in [5, 5.41) is 11.3. The van der Waals surface area contributed by atoms with Gasteiger partial charge in [-0.2, -0.15) is 0 Å². The number of hydrogen-bond acceptors (Lipinski definition) is 3. The summed E-state index contributed by atoms with van der Waals surface area (Å²) in [6, 6.07) is 0.344. The first-order valence-corrected chi connectivity index (χ1v) is 4.82. The zero-order valence-corrected chi connectivity index (χ0v) is 8.60. The second-order valence-corrected chi connectivity index (χ2v) is 3.78. The molecular formula is C9H17N3O2. The van der Waals surface area contributed by atoms with E-state index in [-0.39, 0.29) is 11.7 Å². The van der Waals surface area contributed by atoms with Crippen molar-refractivity contribution in [2.24, 2.45) is 16.8 Å². The van der Waals surface area contributed by atoms with Gasteiger partial charge in [-0.15, -0.1) is 0 Å². The maximum absolute atomic E-state index is 11.7. The normalized spacial score (nSPS) is 20.0. The van der Waals surface area contributed by atoms with Gasteiger partial charge in [-0.3, -0.25) is 4.79 Å². The van der Waals surface area contributed by atoms with Crippen molar-refractivity contribution in [3.05, 3.63) is 0 Å². The van der Waals surface area contributed by atoms with E-state index in [9.17, 15) is 4.79 Å². The van der Waals surface area contributed by atoms with Crippen LogP contribution < -0.4 is 5.73 Å². The summed E-state index contributed by atoms with van der Waals surface area (Å²) in [7, 11) is 1.77. The molecule has 1 unspecified atom stereocenters. The Morgan fingerprint density at radius 2 is 2.21 bits per heavy atom. The largest absolute Gasteiger partial charge is 0.409 e. The molecule has 1 fully saturated rings. The van der Waals surface area contributed by atoms with Crippen molar-refractivity contribution in [2.45, 2.75) is 32.2 Å². The molecular weight excluding hydrogens is 182 g/mol. The number of carbonyl (C=O) groups is 1. The minimum atomic E-state index is -0.536. The fourth-order valence-corrected chi connectivity index (χ4v) is 1.47. The summed E-state index contributed by atoms with van der Waals surface area (Å²) in [6.45, 7) is 1.65. The van der Waals surface area contributed by atoms with Crippen molar-refractivity contribution < 1.29 is 10.0 Å². The summed E-state index contributed by atoms with van der Waals surface area (Å²) in [4.78, 5) is 13.4. The van der Waals surface area contributed by atoms with E-state index in [4.69, 9.17) is 10.9 Å². The van der Waals surface area contributed by atoms with Crippen LogP contribution in [0.1, 0.15) is 26.2 Å². The van der Waals surface area contributed by atoms with Gasteiger partial charge in [0.1, 0.15) is 0 Å². The van der Waals surface area contributed by atoms with Gasteiger partial charge in [0, 0.05) is 13.1 Å². The molecule has 3 N–H and O–H groups in total. The van der Waals surface area contributed by atoms with Crippen LogP contribution in [0.4, 0.5) is 0 Å². The predicted octanol–water partition coefficient (Wildman–Crippen LogP) is 0.380. The smallest absolute Gasteiger partial charge is 0.233 e. The molecule has 0 aliphatic heterocycles. The van der Waals surface area contributed by atoms with Crippen LogP contribution in [0.25, 0.3) is 0 Å². The van der Waals surface area contributed by atoms with E-state index in [1.54, 1.807) is 18.9 Å². The molecule has 0 aromatic heterocycles. The van der Waals surface area contributed by atoms with Gasteiger partial charge in [0.05, 0.1) is 5.92 Å². The van der Waals surface area contributed by atoms with Crippen LogP contribution in [-0.4, -0.2) is 34.9 Å². The van der Waals surface area contributed by atoms with Crippen molar-refractivity contribution in [1.82, 2.24) is 4.90 Å². The molecule has 5 nitrogen and oxygen atoms in total. The van der Waals surface area contributed by atoms with Crippen molar-refractivity contribution in [3.8, 4) is 0 Å². The zero-order valence-electron chi connectivity index (χ0n) is 8.60. The Morgan fingerprint density at radius 3 is 2.57 bits per heavy atom. The van der Waals surface area contributed by atoms with Crippen LogP contribution >= 0.6 is 0 Å². The first kappa shape index (κ1) is 10.8. The highest BCUT2D eigenvalue weighted by Crippen LogP contribution is 2.24. The molecule has 1 aliphatic carbocycles. The molecule has 5 heteroatoms. The highest BCUT2D eigenvalue weighted by atomic mass is 16.4. The lowest BCUT2D eigenvalue weighted by Gasteiger charge is -2.35. The minimum absolute atomic E-state index is 0.0267. The Morgan fingerprint density at radius 1 is 1.64 bits per heavy atom.